The first-order valence-corrected chi connectivity index (χ1v) is 10.6. The van der Waals surface area contributed by atoms with Crippen LogP contribution < -0.4 is 5.32 Å². The lowest BCUT2D eigenvalue weighted by molar-refractivity contribution is 0.0954. The summed E-state index contributed by atoms with van der Waals surface area (Å²) in [6.45, 7) is 4.26. The van der Waals surface area contributed by atoms with Crippen molar-refractivity contribution in [3.05, 3.63) is 67.9 Å². The molecule has 142 valence electrons. The summed E-state index contributed by atoms with van der Waals surface area (Å²) in [7, 11) is 0. The van der Waals surface area contributed by atoms with Crippen LogP contribution in [-0.2, 0) is 6.54 Å². The Labute approximate surface area is 174 Å². The minimum absolute atomic E-state index is 0.130. The standard InChI is InChI=1S/C19H16ClN5OS2/c1-11-17(18(26)21-10-15-7-4-8-27-15)28-19(22-11)16-12(2)25(24-23-16)14-6-3-5-13(20)9-14/h3-9H,10H2,1-2H3,(H,21,26). The van der Waals surface area contributed by atoms with Gasteiger partial charge in [-0.3, -0.25) is 4.79 Å². The molecule has 6 nitrogen and oxygen atoms in total. The van der Waals surface area contributed by atoms with Gasteiger partial charge in [-0.05, 0) is 43.5 Å². The molecule has 0 saturated carbocycles. The number of nitrogens with one attached hydrogen (secondary N) is 1. The lowest BCUT2D eigenvalue weighted by Gasteiger charge is -2.03. The van der Waals surface area contributed by atoms with Gasteiger partial charge >= 0.3 is 0 Å². The second-order valence-electron chi connectivity index (χ2n) is 6.11. The summed E-state index contributed by atoms with van der Waals surface area (Å²) in [4.78, 5) is 18.8. The van der Waals surface area contributed by atoms with E-state index in [2.05, 4.69) is 20.6 Å². The van der Waals surface area contributed by atoms with E-state index in [1.54, 1.807) is 16.0 Å². The van der Waals surface area contributed by atoms with Crippen molar-refractivity contribution < 1.29 is 4.79 Å². The van der Waals surface area contributed by atoms with Crippen LogP contribution in [0.3, 0.4) is 0 Å². The van der Waals surface area contributed by atoms with Crippen LogP contribution in [0.1, 0.15) is 25.9 Å². The van der Waals surface area contributed by atoms with Crippen molar-refractivity contribution in [2.24, 2.45) is 0 Å². The van der Waals surface area contributed by atoms with Crippen molar-refractivity contribution in [1.82, 2.24) is 25.3 Å². The fourth-order valence-electron chi connectivity index (χ4n) is 2.75. The highest BCUT2D eigenvalue weighted by Gasteiger charge is 2.20. The van der Waals surface area contributed by atoms with E-state index < -0.39 is 0 Å². The highest BCUT2D eigenvalue weighted by molar-refractivity contribution is 7.17. The van der Waals surface area contributed by atoms with Crippen LogP contribution >= 0.6 is 34.3 Å². The number of nitrogens with zero attached hydrogens (tertiary/aromatic N) is 4. The quantitative estimate of drug-likeness (QED) is 0.501. The Morgan fingerprint density at radius 2 is 2.11 bits per heavy atom. The average Bonchev–Trinajstić information content (AvgIpc) is 3.40. The molecule has 1 amide bonds. The molecule has 4 aromatic rings. The van der Waals surface area contributed by atoms with Crippen LogP contribution in [0.5, 0.6) is 0 Å². The largest absolute Gasteiger partial charge is 0.346 e. The van der Waals surface area contributed by atoms with Gasteiger partial charge in [0, 0.05) is 9.90 Å². The number of aromatic nitrogens is 4. The Hall–Kier alpha value is -2.55. The van der Waals surface area contributed by atoms with E-state index in [0.29, 0.717) is 32.8 Å². The molecule has 1 aromatic carbocycles. The number of carbonyl (C=O) groups excluding carboxylic acids is 1. The maximum atomic E-state index is 12.6. The molecule has 0 radical (unpaired) electrons. The number of carbonyl (C=O) groups is 1. The first-order chi connectivity index (χ1) is 13.5. The molecule has 1 N–H and O–H groups in total. The van der Waals surface area contributed by atoms with Crippen LogP contribution in [0, 0.1) is 13.8 Å². The molecule has 0 bridgehead atoms. The van der Waals surface area contributed by atoms with E-state index in [9.17, 15) is 4.79 Å². The smallest absolute Gasteiger partial charge is 0.263 e. The molecule has 0 spiro atoms. The predicted molar refractivity (Wildman–Crippen MR) is 112 cm³/mol. The summed E-state index contributed by atoms with van der Waals surface area (Å²) in [5.74, 6) is -0.130. The van der Waals surface area contributed by atoms with Crippen molar-refractivity contribution in [1.29, 1.82) is 0 Å². The van der Waals surface area contributed by atoms with Crippen molar-refractivity contribution in [3.63, 3.8) is 0 Å². The van der Waals surface area contributed by atoms with E-state index in [-0.39, 0.29) is 5.91 Å². The van der Waals surface area contributed by atoms with E-state index in [0.717, 1.165) is 16.3 Å². The molecular formula is C19H16ClN5OS2. The van der Waals surface area contributed by atoms with Crippen LogP contribution in [0.2, 0.25) is 5.02 Å². The second-order valence-corrected chi connectivity index (χ2v) is 8.58. The minimum atomic E-state index is -0.130. The molecule has 0 aliphatic carbocycles. The molecule has 0 aliphatic heterocycles. The fraction of sp³-hybridized carbons (Fsp3) is 0.158. The normalized spacial score (nSPS) is 11.0. The molecule has 0 fully saturated rings. The maximum absolute atomic E-state index is 12.6. The molecule has 0 aliphatic rings. The van der Waals surface area contributed by atoms with Gasteiger partial charge in [0.25, 0.3) is 5.91 Å². The van der Waals surface area contributed by atoms with Crippen molar-refractivity contribution in [3.8, 4) is 16.4 Å². The molecular weight excluding hydrogens is 414 g/mol. The Bertz CT molecular complexity index is 1130. The number of hydrogen-bond acceptors (Lipinski definition) is 6. The predicted octanol–water partition coefficient (Wildman–Crippen LogP) is 4.65. The van der Waals surface area contributed by atoms with Crippen LogP contribution in [0.4, 0.5) is 0 Å². The summed E-state index contributed by atoms with van der Waals surface area (Å²) in [5.41, 5.74) is 3.00. The van der Waals surface area contributed by atoms with Crippen LogP contribution in [0.15, 0.2) is 41.8 Å². The summed E-state index contributed by atoms with van der Waals surface area (Å²) in [6, 6.07) is 11.4. The first kappa shape index (κ1) is 18.8. The zero-order chi connectivity index (χ0) is 19.7. The maximum Gasteiger partial charge on any atom is 0.263 e. The van der Waals surface area contributed by atoms with Gasteiger partial charge in [0.15, 0.2) is 0 Å². The number of thiophene rings is 1. The van der Waals surface area contributed by atoms with Gasteiger partial charge < -0.3 is 5.32 Å². The third kappa shape index (κ3) is 3.71. The summed E-state index contributed by atoms with van der Waals surface area (Å²) >= 11 is 9.02. The molecule has 0 atom stereocenters. The summed E-state index contributed by atoms with van der Waals surface area (Å²) in [6.07, 6.45) is 0. The molecule has 9 heteroatoms. The topological polar surface area (TPSA) is 72.7 Å². The molecule has 0 saturated heterocycles. The van der Waals surface area contributed by atoms with Crippen LogP contribution in [-0.4, -0.2) is 25.9 Å². The van der Waals surface area contributed by atoms with Crippen molar-refractivity contribution >= 4 is 40.2 Å². The minimum Gasteiger partial charge on any atom is -0.346 e. The zero-order valence-corrected chi connectivity index (χ0v) is 17.5. The number of halogens is 1. The molecule has 4 rings (SSSR count). The molecule has 0 unspecified atom stereocenters. The first-order valence-electron chi connectivity index (χ1n) is 8.49. The van der Waals surface area contributed by atoms with E-state index in [1.807, 2.05) is 55.6 Å². The zero-order valence-electron chi connectivity index (χ0n) is 15.1. The van der Waals surface area contributed by atoms with Crippen molar-refractivity contribution in [2.45, 2.75) is 20.4 Å². The molecule has 3 heterocycles. The number of benzene rings is 1. The van der Waals surface area contributed by atoms with E-state index in [1.165, 1.54) is 11.3 Å². The second kappa shape index (κ2) is 7.83. The molecule has 3 aromatic heterocycles. The number of rotatable bonds is 5. The third-order valence-electron chi connectivity index (χ3n) is 4.16. The van der Waals surface area contributed by atoms with Gasteiger partial charge in [-0.1, -0.05) is 28.9 Å². The summed E-state index contributed by atoms with van der Waals surface area (Å²) < 4.78 is 1.72. The van der Waals surface area contributed by atoms with Gasteiger partial charge in [-0.2, -0.15) is 0 Å². The van der Waals surface area contributed by atoms with Crippen molar-refractivity contribution in [2.75, 3.05) is 0 Å². The van der Waals surface area contributed by atoms with Gasteiger partial charge in [0.05, 0.1) is 23.6 Å². The van der Waals surface area contributed by atoms with E-state index in [4.69, 9.17) is 11.6 Å². The third-order valence-corrected chi connectivity index (χ3v) is 6.43. The van der Waals surface area contributed by atoms with Crippen LogP contribution in [0.25, 0.3) is 16.4 Å². The number of amides is 1. The lowest BCUT2D eigenvalue weighted by atomic mass is 10.3. The molecule has 28 heavy (non-hydrogen) atoms. The fourth-order valence-corrected chi connectivity index (χ4v) is 4.60. The van der Waals surface area contributed by atoms with Gasteiger partial charge in [-0.15, -0.1) is 27.8 Å². The number of hydrogen-bond donors (Lipinski definition) is 1. The number of thiazole rings is 1. The van der Waals surface area contributed by atoms with Gasteiger partial charge in [-0.25, -0.2) is 9.67 Å². The Morgan fingerprint density at radius 1 is 1.25 bits per heavy atom. The monoisotopic (exact) mass is 429 g/mol. The Kier molecular flexibility index (Phi) is 5.25. The highest BCUT2D eigenvalue weighted by atomic mass is 35.5. The highest BCUT2D eigenvalue weighted by Crippen LogP contribution is 2.29. The van der Waals surface area contributed by atoms with Gasteiger partial charge in [0.2, 0.25) is 0 Å². The van der Waals surface area contributed by atoms with Gasteiger partial charge in [0.1, 0.15) is 15.6 Å². The van der Waals surface area contributed by atoms with E-state index >= 15 is 0 Å². The SMILES string of the molecule is Cc1nc(-c2nnn(-c3cccc(Cl)c3)c2C)sc1C(=O)NCc1cccs1. The summed E-state index contributed by atoms with van der Waals surface area (Å²) in [5, 5.41) is 14.7. The average molecular weight is 430 g/mol. The number of aryl methyl sites for hydroxylation is 1. The Balaban J connectivity index is 1.59. The lowest BCUT2D eigenvalue weighted by Crippen LogP contribution is -2.22. The Morgan fingerprint density at radius 3 is 2.86 bits per heavy atom.